The van der Waals surface area contributed by atoms with Gasteiger partial charge in [-0.05, 0) is 36.8 Å². The molecule has 128 valence electrons. The number of hydrogen-bond acceptors (Lipinski definition) is 3. The molecule has 0 N–H and O–H groups in total. The first kappa shape index (κ1) is 17.4. The van der Waals surface area contributed by atoms with Crippen LogP contribution in [0.5, 0.6) is 0 Å². The van der Waals surface area contributed by atoms with Gasteiger partial charge in [0.15, 0.2) is 0 Å². The van der Waals surface area contributed by atoms with Crippen LogP contribution in [-0.4, -0.2) is 38.9 Å². The molecule has 7 heteroatoms. The lowest BCUT2D eigenvalue weighted by Crippen LogP contribution is -2.49. The predicted molar refractivity (Wildman–Crippen MR) is 96.3 cm³/mol. The lowest BCUT2D eigenvalue weighted by molar-refractivity contribution is 0.383. The number of benzene rings is 2. The van der Waals surface area contributed by atoms with Crippen LogP contribution in [0.4, 0.5) is 10.1 Å². The fourth-order valence-corrected chi connectivity index (χ4v) is 5.05. The zero-order chi connectivity index (χ0) is 17.3. The molecular formula is C17H18BrFN2O2S. The quantitative estimate of drug-likeness (QED) is 0.775. The summed E-state index contributed by atoms with van der Waals surface area (Å²) in [5.74, 6) is -0.281. The van der Waals surface area contributed by atoms with Crippen LogP contribution in [0.15, 0.2) is 51.8 Å². The molecule has 1 heterocycles. The molecule has 0 bridgehead atoms. The number of hydrogen-bond donors (Lipinski definition) is 0. The molecule has 2 aromatic rings. The predicted octanol–water partition coefficient (Wildman–Crippen LogP) is 3.41. The molecule has 0 amide bonds. The van der Waals surface area contributed by atoms with Crippen LogP contribution < -0.4 is 4.90 Å². The van der Waals surface area contributed by atoms with E-state index in [1.807, 2.05) is 11.0 Å². The molecule has 0 saturated carbocycles. The Hall–Kier alpha value is -1.44. The average molecular weight is 413 g/mol. The van der Waals surface area contributed by atoms with Crippen molar-refractivity contribution in [1.29, 1.82) is 0 Å². The van der Waals surface area contributed by atoms with Crippen molar-refractivity contribution in [3.8, 4) is 0 Å². The van der Waals surface area contributed by atoms with E-state index in [0.29, 0.717) is 36.8 Å². The molecule has 1 fully saturated rings. The molecular weight excluding hydrogens is 395 g/mol. The standard InChI is InChI=1S/C17H18BrFN2O2S/c1-13-6-7-14(18)12-17(13)24(22,23)21-10-8-20(9-11-21)16-5-3-2-4-15(16)19/h2-7,12H,8-11H2,1H3. The Morgan fingerprint density at radius 3 is 2.38 bits per heavy atom. The van der Waals surface area contributed by atoms with Crippen molar-refractivity contribution in [2.24, 2.45) is 0 Å². The van der Waals surface area contributed by atoms with E-state index in [2.05, 4.69) is 15.9 Å². The number of sulfonamides is 1. The van der Waals surface area contributed by atoms with E-state index in [4.69, 9.17) is 0 Å². The Morgan fingerprint density at radius 1 is 1.04 bits per heavy atom. The second-order valence-corrected chi connectivity index (χ2v) is 8.57. The van der Waals surface area contributed by atoms with Crippen LogP contribution in [0.25, 0.3) is 0 Å². The van der Waals surface area contributed by atoms with Gasteiger partial charge in [-0.1, -0.05) is 34.1 Å². The van der Waals surface area contributed by atoms with Crippen LogP contribution in [0.2, 0.25) is 0 Å². The van der Waals surface area contributed by atoms with E-state index in [1.165, 1.54) is 10.4 Å². The molecule has 1 aliphatic rings. The van der Waals surface area contributed by atoms with Crippen LogP contribution in [0, 0.1) is 12.7 Å². The van der Waals surface area contributed by atoms with Crippen LogP contribution in [0.1, 0.15) is 5.56 Å². The molecule has 0 unspecified atom stereocenters. The third kappa shape index (κ3) is 3.34. The van der Waals surface area contributed by atoms with Gasteiger partial charge in [0.25, 0.3) is 0 Å². The molecule has 0 aromatic heterocycles. The van der Waals surface area contributed by atoms with Crippen molar-refractivity contribution in [3.05, 3.63) is 58.3 Å². The molecule has 24 heavy (non-hydrogen) atoms. The minimum atomic E-state index is -3.55. The molecule has 1 aliphatic heterocycles. The molecule has 0 aliphatic carbocycles. The third-order valence-corrected chi connectivity index (χ3v) is 6.73. The zero-order valence-corrected chi connectivity index (χ0v) is 15.6. The first-order valence-corrected chi connectivity index (χ1v) is 9.88. The van der Waals surface area contributed by atoms with E-state index >= 15 is 0 Å². The second kappa shape index (κ2) is 6.82. The van der Waals surface area contributed by atoms with Gasteiger partial charge < -0.3 is 4.90 Å². The van der Waals surface area contributed by atoms with Gasteiger partial charge in [0, 0.05) is 30.7 Å². The minimum Gasteiger partial charge on any atom is -0.367 e. The topological polar surface area (TPSA) is 40.6 Å². The van der Waals surface area contributed by atoms with Gasteiger partial charge in [-0.2, -0.15) is 4.31 Å². The van der Waals surface area contributed by atoms with Crippen molar-refractivity contribution < 1.29 is 12.8 Å². The Balaban J connectivity index is 1.79. The number of nitrogens with zero attached hydrogens (tertiary/aromatic N) is 2. The SMILES string of the molecule is Cc1ccc(Br)cc1S(=O)(=O)N1CCN(c2ccccc2F)CC1. The fourth-order valence-electron chi connectivity index (χ4n) is 2.87. The highest BCUT2D eigenvalue weighted by Gasteiger charge is 2.30. The van der Waals surface area contributed by atoms with Gasteiger partial charge in [-0.3, -0.25) is 0 Å². The summed E-state index contributed by atoms with van der Waals surface area (Å²) in [5.41, 5.74) is 1.24. The van der Waals surface area contributed by atoms with E-state index in [9.17, 15) is 12.8 Å². The number of rotatable bonds is 3. The van der Waals surface area contributed by atoms with Gasteiger partial charge >= 0.3 is 0 Å². The summed E-state index contributed by atoms with van der Waals surface area (Å²) in [6.07, 6.45) is 0. The van der Waals surface area contributed by atoms with Crippen LogP contribution in [0.3, 0.4) is 0 Å². The summed E-state index contributed by atoms with van der Waals surface area (Å²) >= 11 is 3.33. The lowest BCUT2D eigenvalue weighted by Gasteiger charge is -2.35. The van der Waals surface area contributed by atoms with Gasteiger partial charge in [0.1, 0.15) is 5.82 Å². The number of piperazine rings is 1. The van der Waals surface area contributed by atoms with E-state index in [0.717, 1.165) is 10.0 Å². The normalized spacial score (nSPS) is 16.4. The van der Waals surface area contributed by atoms with Gasteiger partial charge in [0.05, 0.1) is 10.6 Å². The summed E-state index contributed by atoms with van der Waals surface area (Å²) in [5, 5.41) is 0. The van der Waals surface area contributed by atoms with E-state index in [1.54, 1.807) is 37.3 Å². The van der Waals surface area contributed by atoms with Gasteiger partial charge in [-0.15, -0.1) is 0 Å². The molecule has 0 spiro atoms. The number of aryl methyl sites for hydroxylation is 1. The lowest BCUT2D eigenvalue weighted by atomic mass is 10.2. The maximum atomic E-state index is 13.9. The highest BCUT2D eigenvalue weighted by molar-refractivity contribution is 9.10. The monoisotopic (exact) mass is 412 g/mol. The molecule has 3 rings (SSSR count). The van der Waals surface area contributed by atoms with Crippen molar-refractivity contribution in [3.63, 3.8) is 0 Å². The molecule has 1 saturated heterocycles. The Morgan fingerprint density at radius 2 is 1.71 bits per heavy atom. The summed E-state index contributed by atoms with van der Waals surface area (Å²) < 4.78 is 41.9. The largest absolute Gasteiger partial charge is 0.367 e. The molecule has 4 nitrogen and oxygen atoms in total. The van der Waals surface area contributed by atoms with Crippen molar-refractivity contribution in [2.45, 2.75) is 11.8 Å². The molecule has 2 aromatic carbocycles. The first-order chi connectivity index (χ1) is 11.4. The second-order valence-electron chi connectivity index (χ2n) is 5.75. The van der Waals surface area contributed by atoms with Crippen molar-refractivity contribution in [1.82, 2.24) is 4.31 Å². The smallest absolute Gasteiger partial charge is 0.243 e. The van der Waals surface area contributed by atoms with Gasteiger partial charge in [-0.25, -0.2) is 12.8 Å². The Kier molecular flexibility index (Phi) is 4.94. The summed E-state index contributed by atoms with van der Waals surface area (Å²) in [7, 11) is -3.55. The summed E-state index contributed by atoms with van der Waals surface area (Å²) in [6, 6.07) is 11.8. The van der Waals surface area contributed by atoms with E-state index < -0.39 is 10.0 Å². The molecule has 0 radical (unpaired) electrons. The highest BCUT2D eigenvalue weighted by Crippen LogP contribution is 2.26. The Bertz CT molecular complexity index is 849. The summed E-state index contributed by atoms with van der Waals surface area (Å²) in [6.45, 7) is 3.39. The maximum absolute atomic E-state index is 13.9. The molecule has 0 atom stereocenters. The van der Waals surface area contributed by atoms with Crippen molar-refractivity contribution >= 4 is 31.6 Å². The maximum Gasteiger partial charge on any atom is 0.243 e. The average Bonchev–Trinajstić information content (AvgIpc) is 2.57. The van der Waals surface area contributed by atoms with Crippen molar-refractivity contribution in [2.75, 3.05) is 31.1 Å². The van der Waals surface area contributed by atoms with Crippen LogP contribution in [-0.2, 0) is 10.0 Å². The Labute approximate surface area is 150 Å². The highest BCUT2D eigenvalue weighted by atomic mass is 79.9. The number of anilines is 1. The minimum absolute atomic E-state index is 0.281. The number of para-hydroxylation sites is 1. The number of halogens is 2. The zero-order valence-electron chi connectivity index (χ0n) is 13.2. The third-order valence-electron chi connectivity index (χ3n) is 4.20. The van der Waals surface area contributed by atoms with E-state index in [-0.39, 0.29) is 5.82 Å². The first-order valence-electron chi connectivity index (χ1n) is 7.65. The van der Waals surface area contributed by atoms with Crippen LogP contribution >= 0.6 is 15.9 Å². The fraction of sp³-hybridized carbons (Fsp3) is 0.294. The van der Waals surface area contributed by atoms with Gasteiger partial charge in [0.2, 0.25) is 10.0 Å². The summed E-state index contributed by atoms with van der Waals surface area (Å²) in [4.78, 5) is 2.20.